The van der Waals surface area contributed by atoms with Crippen molar-refractivity contribution in [3.8, 4) is 0 Å². The zero-order valence-corrected chi connectivity index (χ0v) is 9.81. The van der Waals surface area contributed by atoms with Crippen LogP contribution in [-0.4, -0.2) is 16.3 Å². The summed E-state index contributed by atoms with van der Waals surface area (Å²) in [5.74, 6) is -0.799. The van der Waals surface area contributed by atoms with Crippen LogP contribution in [0.4, 0.5) is 0 Å². The quantitative estimate of drug-likeness (QED) is 0.810. The first-order valence-corrected chi connectivity index (χ1v) is 5.94. The lowest BCUT2D eigenvalue weighted by Gasteiger charge is -2.23. The Morgan fingerprint density at radius 3 is 2.87 bits per heavy atom. The molecule has 1 aromatic rings. The van der Waals surface area contributed by atoms with E-state index in [1.807, 2.05) is 31.2 Å². The number of halogens is 1. The zero-order valence-electron chi connectivity index (χ0n) is 8.24. The molecule has 4 heteroatoms. The van der Waals surface area contributed by atoms with Crippen LogP contribution in [0.2, 0.25) is 0 Å². The van der Waals surface area contributed by atoms with E-state index >= 15 is 0 Å². The van der Waals surface area contributed by atoms with Crippen molar-refractivity contribution in [3.63, 3.8) is 0 Å². The summed E-state index contributed by atoms with van der Waals surface area (Å²) in [5.41, 5.74) is 1.04. The van der Waals surface area contributed by atoms with Crippen LogP contribution < -0.4 is 0 Å². The smallest absolute Gasteiger partial charge is 0.304 e. The number of alkyl halides is 1. The Morgan fingerprint density at radius 1 is 1.60 bits per heavy atom. The fraction of sp³-hybridized carbons (Fsp3) is 0.364. The Bertz CT molecular complexity index is 403. The van der Waals surface area contributed by atoms with E-state index in [0.29, 0.717) is 0 Å². The van der Waals surface area contributed by atoms with Crippen LogP contribution in [-0.2, 0) is 9.67 Å². The number of thioether (sulfide) groups is 1. The minimum atomic E-state index is -0.799. The van der Waals surface area contributed by atoms with E-state index in [1.165, 1.54) is 0 Å². The Balaban J connectivity index is 2.34. The molecule has 2 unspecified atom stereocenters. The van der Waals surface area contributed by atoms with Gasteiger partial charge in [-0.2, -0.15) is 0 Å². The maximum atomic E-state index is 10.7. The molecule has 2 rings (SSSR count). The van der Waals surface area contributed by atoms with Crippen molar-refractivity contribution in [1.82, 2.24) is 0 Å². The molecule has 15 heavy (non-hydrogen) atoms. The van der Waals surface area contributed by atoms with Crippen molar-refractivity contribution < 1.29 is 9.90 Å². The first-order valence-electron chi connectivity index (χ1n) is 4.68. The van der Waals surface area contributed by atoms with Gasteiger partial charge in [-0.3, -0.25) is 4.79 Å². The Morgan fingerprint density at radius 2 is 2.27 bits per heavy atom. The van der Waals surface area contributed by atoms with Crippen molar-refractivity contribution in [3.05, 3.63) is 29.8 Å². The monoisotopic (exact) mass is 242 g/mol. The van der Waals surface area contributed by atoms with Crippen molar-refractivity contribution in [1.29, 1.82) is 0 Å². The number of fused-ring (bicyclic) bond motifs is 1. The maximum absolute atomic E-state index is 10.7. The Kier molecular flexibility index (Phi) is 2.69. The van der Waals surface area contributed by atoms with Gasteiger partial charge >= 0.3 is 5.97 Å². The molecule has 1 aromatic carbocycles. The number of carbonyl (C=O) groups is 1. The predicted octanol–water partition coefficient (Wildman–Crippen LogP) is 3.09. The molecule has 2 atom stereocenters. The minimum absolute atomic E-state index is 0.0888. The normalized spacial score (nSPS) is 28.8. The van der Waals surface area contributed by atoms with E-state index in [9.17, 15) is 4.79 Å². The van der Waals surface area contributed by atoms with Gasteiger partial charge in [0.25, 0.3) is 0 Å². The number of hydrogen-bond acceptors (Lipinski definition) is 2. The molecular weight excluding hydrogens is 232 g/mol. The van der Waals surface area contributed by atoms with Gasteiger partial charge in [-0.05, 0) is 18.6 Å². The highest BCUT2D eigenvalue weighted by atomic mass is 35.5. The standard InChI is InChI=1S/C11H11ClO2S/c1-11(12)7-4-2-3-5-8(7)15-9(11)6-10(13)14/h2-5,9H,6H2,1H3,(H,13,14). The first-order chi connectivity index (χ1) is 7.01. The van der Waals surface area contributed by atoms with Gasteiger partial charge in [0.2, 0.25) is 0 Å². The highest BCUT2D eigenvalue weighted by Gasteiger charge is 2.43. The van der Waals surface area contributed by atoms with E-state index < -0.39 is 10.8 Å². The summed E-state index contributed by atoms with van der Waals surface area (Å²) in [6.45, 7) is 1.89. The Labute approximate surface area is 97.6 Å². The molecule has 1 N–H and O–H groups in total. The lowest BCUT2D eigenvalue weighted by atomic mass is 9.95. The van der Waals surface area contributed by atoms with Crippen molar-refractivity contribution >= 4 is 29.3 Å². The van der Waals surface area contributed by atoms with Crippen LogP contribution in [0.5, 0.6) is 0 Å². The molecule has 1 aliphatic heterocycles. The van der Waals surface area contributed by atoms with Crippen LogP contribution in [0.1, 0.15) is 18.9 Å². The average molecular weight is 243 g/mol. The summed E-state index contributed by atoms with van der Waals surface area (Å²) in [7, 11) is 0. The molecule has 1 aliphatic rings. The minimum Gasteiger partial charge on any atom is -0.481 e. The third kappa shape index (κ3) is 1.86. The molecule has 0 aliphatic carbocycles. The van der Waals surface area contributed by atoms with Gasteiger partial charge in [0.05, 0.1) is 11.3 Å². The van der Waals surface area contributed by atoms with Gasteiger partial charge in [-0.25, -0.2) is 0 Å². The van der Waals surface area contributed by atoms with Crippen molar-refractivity contribution in [2.24, 2.45) is 0 Å². The predicted molar refractivity (Wildman–Crippen MR) is 61.5 cm³/mol. The molecule has 0 amide bonds. The van der Waals surface area contributed by atoms with Crippen LogP contribution >= 0.6 is 23.4 Å². The number of rotatable bonds is 2. The Hall–Kier alpha value is -0.670. The van der Waals surface area contributed by atoms with E-state index in [2.05, 4.69) is 0 Å². The van der Waals surface area contributed by atoms with Crippen molar-refractivity contribution in [2.45, 2.75) is 28.4 Å². The molecule has 0 saturated heterocycles. The molecule has 0 bridgehead atoms. The molecule has 80 valence electrons. The summed E-state index contributed by atoms with van der Waals surface area (Å²) in [6.07, 6.45) is 0.0966. The molecule has 1 heterocycles. The molecule has 0 saturated carbocycles. The van der Waals surface area contributed by atoms with Gasteiger partial charge < -0.3 is 5.11 Å². The molecule has 0 aromatic heterocycles. The second kappa shape index (κ2) is 3.72. The van der Waals surface area contributed by atoms with Crippen LogP contribution in [0.15, 0.2) is 29.2 Å². The largest absolute Gasteiger partial charge is 0.481 e. The lowest BCUT2D eigenvalue weighted by molar-refractivity contribution is -0.137. The van der Waals surface area contributed by atoms with Crippen LogP contribution in [0, 0.1) is 0 Å². The van der Waals surface area contributed by atoms with Gasteiger partial charge in [0, 0.05) is 10.1 Å². The highest BCUT2D eigenvalue weighted by Crippen LogP contribution is 2.52. The van der Waals surface area contributed by atoms with E-state index in [1.54, 1.807) is 11.8 Å². The second-order valence-corrected chi connectivity index (χ2v) is 5.81. The molecule has 0 fully saturated rings. The van der Waals surface area contributed by atoms with Gasteiger partial charge in [-0.15, -0.1) is 23.4 Å². The summed E-state index contributed by atoms with van der Waals surface area (Å²) >= 11 is 7.98. The van der Waals surface area contributed by atoms with Gasteiger partial charge in [0.15, 0.2) is 0 Å². The van der Waals surface area contributed by atoms with Gasteiger partial charge in [-0.1, -0.05) is 18.2 Å². The lowest BCUT2D eigenvalue weighted by Crippen LogP contribution is -2.26. The summed E-state index contributed by atoms with van der Waals surface area (Å²) in [6, 6.07) is 7.84. The van der Waals surface area contributed by atoms with E-state index in [4.69, 9.17) is 16.7 Å². The number of carboxylic acid groups (broad SMARTS) is 1. The first kappa shape index (κ1) is 10.8. The number of carboxylic acids is 1. The second-order valence-electron chi connectivity index (χ2n) is 3.78. The number of hydrogen-bond donors (Lipinski definition) is 1. The van der Waals surface area contributed by atoms with Crippen LogP contribution in [0.25, 0.3) is 0 Å². The summed E-state index contributed by atoms with van der Waals surface area (Å²) < 4.78 is 0. The third-order valence-corrected chi connectivity index (χ3v) is 4.78. The summed E-state index contributed by atoms with van der Waals surface area (Å²) in [5, 5.41) is 8.72. The van der Waals surface area contributed by atoms with E-state index in [-0.39, 0.29) is 11.7 Å². The molecule has 0 radical (unpaired) electrons. The zero-order chi connectivity index (χ0) is 11.1. The van der Waals surface area contributed by atoms with Crippen LogP contribution in [0.3, 0.4) is 0 Å². The average Bonchev–Trinajstić information content (AvgIpc) is 2.39. The SMILES string of the molecule is CC1(Cl)c2ccccc2SC1CC(=O)O. The fourth-order valence-corrected chi connectivity index (χ4v) is 3.68. The number of benzene rings is 1. The highest BCUT2D eigenvalue weighted by molar-refractivity contribution is 8.00. The fourth-order valence-electron chi connectivity index (χ4n) is 1.80. The molecule has 2 nitrogen and oxygen atoms in total. The maximum Gasteiger partial charge on any atom is 0.304 e. The number of aliphatic carboxylic acids is 1. The third-order valence-electron chi connectivity index (χ3n) is 2.65. The molecular formula is C11H11ClO2S. The van der Waals surface area contributed by atoms with Crippen molar-refractivity contribution in [2.75, 3.05) is 0 Å². The van der Waals surface area contributed by atoms with E-state index in [0.717, 1.165) is 10.5 Å². The topological polar surface area (TPSA) is 37.3 Å². The van der Waals surface area contributed by atoms with Gasteiger partial charge in [0.1, 0.15) is 0 Å². The molecule has 0 spiro atoms. The summed E-state index contributed by atoms with van der Waals surface area (Å²) in [4.78, 5) is 11.3.